The highest BCUT2D eigenvalue weighted by atomic mass is 16.1. The normalized spacial score (nSPS) is 10.6. The minimum Gasteiger partial charge on any atom is -0.356 e. The monoisotopic (exact) mass is 329 g/mol. The van der Waals surface area contributed by atoms with E-state index in [9.17, 15) is 4.79 Å². The molecule has 0 bridgehead atoms. The van der Waals surface area contributed by atoms with Gasteiger partial charge in [0.15, 0.2) is 5.65 Å². The van der Waals surface area contributed by atoms with Gasteiger partial charge in [-0.25, -0.2) is 9.50 Å². The van der Waals surface area contributed by atoms with E-state index in [0.717, 1.165) is 11.4 Å². The first-order chi connectivity index (χ1) is 12.3. The van der Waals surface area contributed by atoms with E-state index >= 15 is 0 Å². The molecule has 0 radical (unpaired) electrons. The van der Waals surface area contributed by atoms with Gasteiger partial charge in [0.05, 0.1) is 6.20 Å². The van der Waals surface area contributed by atoms with Crippen LogP contribution >= 0.6 is 0 Å². The Labute approximate surface area is 144 Å². The number of para-hydroxylation sites is 1. The number of carbonyl (C=O) groups excluding carboxylic acids is 1. The standard InChI is InChI=1S/C19H15N5O/c25-19(17-13-21-24-12-4-11-20-18(17)24)23-16-9-7-15(8-10-16)22-14-5-2-1-3-6-14/h1-13,22H,(H,23,25). The lowest BCUT2D eigenvalue weighted by Crippen LogP contribution is -2.12. The van der Waals surface area contributed by atoms with Crippen molar-refractivity contribution in [3.05, 3.63) is 84.8 Å². The van der Waals surface area contributed by atoms with Gasteiger partial charge in [0.2, 0.25) is 0 Å². The van der Waals surface area contributed by atoms with Gasteiger partial charge in [0.25, 0.3) is 5.91 Å². The molecule has 6 heteroatoms. The fourth-order valence-electron chi connectivity index (χ4n) is 2.51. The molecule has 2 aromatic heterocycles. The van der Waals surface area contributed by atoms with Crippen LogP contribution in [-0.2, 0) is 0 Å². The number of hydrogen-bond donors (Lipinski definition) is 2. The van der Waals surface area contributed by atoms with Crippen molar-refractivity contribution in [2.45, 2.75) is 0 Å². The molecule has 0 saturated carbocycles. The number of rotatable bonds is 4. The second kappa shape index (κ2) is 6.45. The summed E-state index contributed by atoms with van der Waals surface area (Å²) >= 11 is 0. The van der Waals surface area contributed by atoms with Crippen LogP contribution in [0.3, 0.4) is 0 Å². The number of fused-ring (bicyclic) bond motifs is 1. The van der Waals surface area contributed by atoms with Gasteiger partial charge in [0.1, 0.15) is 5.56 Å². The fourth-order valence-corrected chi connectivity index (χ4v) is 2.51. The van der Waals surface area contributed by atoms with E-state index in [1.807, 2.05) is 54.6 Å². The van der Waals surface area contributed by atoms with E-state index in [-0.39, 0.29) is 5.91 Å². The summed E-state index contributed by atoms with van der Waals surface area (Å²) in [6.07, 6.45) is 4.91. The van der Waals surface area contributed by atoms with Crippen molar-refractivity contribution < 1.29 is 4.79 Å². The number of anilines is 3. The van der Waals surface area contributed by atoms with Gasteiger partial charge in [-0.1, -0.05) is 18.2 Å². The maximum Gasteiger partial charge on any atom is 0.261 e. The Morgan fingerprint density at radius 2 is 1.60 bits per heavy atom. The molecule has 0 unspecified atom stereocenters. The van der Waals surface area contributed by atoms with Crippen LogP contribution in [0.1, 0.15) is 10.4 Å². The minimum atomic E-state index is -0.238. The van der Waals surface area contributed by atoms with Gasteiger partial charge in [0, 0.05) is 29.5 Å². The molecule has 0 aliphatic carbocycles. The Kier molecular flexibility index (Phi) is 3.84. The van der Waals surface area contributed by atoms with Crippen LogP contribution in [0.4, 0.5) is 17.1 Å². The molecule has 25 heavy (non-hydrogen) atoms. The average molecular weight is 329 g/mol. The molecule has 2 aromatic carbocycles. The second-order valence-corrected chi connectivity index (χ2v) is 5.47. The Hall–Kier alpha value is -3.67. The van der Waals surface area contributed by atoms with Crippen LogP contribution in [0.25, 0.3) is 5.65 Å². The lowest BCUT2D eigenvalue weighted by Gasteiger charge is -2.08. The highest BCUT2D eigenvalue weighted by molar-refractivity contribution is 6.08. The van der Waals surface area contributed by atoms with Crippen molar-refractivity contribution in [2.75, 3.05) is 10.6 Å². The van der Waals surface area contributed by atoms with Crippen molar-refractivity contribution >= 4 is 28.6 Å². The van der Waals surface area contributed by atoms with E-state index in [0.29, 0.717) is 16.9 Å². The fraction of sp³-hybridized carbons (Fsp3) is 0. The Bertz CT molecular complexity index is 1010. The number of amides is 1. The third-order valence-electron chi connectivity index (χ3n) is 3.73. The topological polar surface area (TPSA) is 71.3 Å². The molecule has 2 N–H and O–H groups in total. The van der Waals surface area contributed by atoms with Crippen molar-refractivity contribution in [3.63, 3.8) is 0 Å². The average Bonchev–Trinajstić information content (AvgIpc) is 3.08. The maximum absolute atomic E-state index is 12.4. The smallest absolute Gasteiger partial charge is 0.261 e. The first-order valence-electron chi connectivity index (χ1n) is 7.81. The minimum absolute atomic E-state index is 0.238. The van der Waals surface area contributed by atoms with Gasteiger partial charge in [-0.3, -0.25) is 4.79 Å². The molecule has 2 heterocycles. The molecule has 4 aromatic rings. The van der Waals surface area contributed by atoms with Crippen LogP contribution in [0.2, 0.25) is 0 Å². The lowest BCUT2D eigenvalue weighted by atomic mass is 10.2. The summed E-state index contributed by atoms with van der Waals surface area (Å²) in [6, 6.07) is 19.2. The molecule has 122 valence electrons. The lowest BCUT2D eigenvalue weighted by molar-refractivity contribution is 0.102. The molecule has 1 amide bonds. The zero-order valence-corrected chi connectivity index (χ0v) is 13.3. The number of nitrogens with zero attached hydrogens (tertiary/aromatic N) is 3. The van der Waals surface area contributed by atoms with Gasteiger partial charge in [-0.05, 0) is 42.5 Å². The molecule has 0 fully saturated rings. The van der Waals surface area contributed by atoms with E-state index in [1.165, 1.54) is 6.20 Å². The van der Waals surface area contributed by atoms with Gasteiger partial charge in [-0.15, -0.1) is 0 Å². The van der Waals surface area contributed by atoms with Crippen LogP contribution in [-0.4, -0.2) is 20.5 Å². The summed E-state index contributed by atoms with van der Waals surface area (Å²) in [6.45, 7) is 0. The van der Waals surface area contributed by atoms with Crippen molar-refractivity contribution in [1.29, 1.82) is 0 Å². The Morgan fingerprint density at radius 3 is 2.40 bits per heavy atom. The summed E-state index contributed by atoms with van der Waals surface area (Å²) in [5, 5.41) is 10.3. The molecule has 0 spiro atoms. The zero-order valence-electron chi connectivity index (χ0n) is 13.3. The highest BCUT2D eigenvalue weighted by Crippen LogP contribution is 2.19. The molecule has 0 saturated heterocycles. The molecule has 6 nitrogen and oxygen atoms in total. The summed E-state index contributed by atoms with van der Waals surface area (Å²) in [7, 11) is 0. The number of carbonyl (C=O) groups is 1. The van der Waals surface area contributed by atoms with Crippen LogP contribution < -0.4 is 10.6 Å². The van der Waals surface area contributed by atoms with Crippen LogP contribution in [0.5, 0.6) is 0 Å². The molecule has 0 aliphatic heterocycles. The Morgan fingerprint density at radius 1 is 0.880 bits per heavy atom. The number of aromatic nitrogens is 3. The van der Waals surface area contributed by atoms with Gasteiger partial charge >= 0.3 is 0 Å². The molecular formula is C19H15N5O. The number of nitrogens with one attached hydrogen (secondary N) is 2. The number of hydrogen-bond acceptors (Lipinski definition) is 4. The van der Waals surface area contributed by atoms with Crippen molar-refractivity contribution in [2.24, 2.45) is 0 Å². The summed E-state index contributed by atoms with van der Waals surface area (Å²) in [4.78, 5) is 16.6. The SMILES string of the molecule is O=C(Nc1ccc(Nc2ccccc2)cc1)c1cnn2cccnc12. The van der Waals surface area contributed by atoms with Crippen LogP contribution in [0.15, 0.2) is 79.3 Å². The number of benzene rings is 2. The molecule has 0 aliphatic rings. The Balaban J connectivity index is 1.48. The third kappa shape index (κ3) is 3.18. The molecular weight excluding hydrogens is 314 g/mol. The van der Waals surface area contributed by atoms with E-state index in [2.05, 4.69) is 20.7 Å². The van der Waals surface area contributed by atoms with E-state index in [1.54, 1.807) is 23.0 Å². The zero-order chi connectivity index (χ0) is 17.1. The second-order valence-electron chi connectivity index (χ2n) is 5.47. The highest BCUT2D eigenvalue weighted by Gasteiger charge is 2.13. The van der Waals surface area contributed by atoms with Crippen LogP contribution in [0, 0.1) is 0 Å². The maximum atomic E-state index is 12.4. The molecule has 0 atom stereocenters. The quantitative estimate of drug-likeness (QED) is 0.598. The predicted octanol–water partition coefficient (Wildman–Crippen LogP) is 3.73. The summed E-state index contributed by atoms with van der Waals surface area (Å²) < 4.78 is 1.57. The van der Waals surface area contributed by atoms with Gasteiger partial charge < -0.3 is 10.6 Å². The van der Waals surface area contributed by atoms with E-state index < -0.39 is 0 Å². The van der Waals surface area contributed by atoms with E-state index in [4.69, 9.17) is 0 Å². The first-order valence-corrected chi connectivity index (χ1v) is 7.81. The van der Waals surface area contributed by atoms with Crippen molar-refractivity contribution in [3.8, 4) is 0 Å². The third-order valence-corrected chi connectivity index (χ3v) is 3.73. The summed E-state index contributed by atoms with van der Waals surface area (Å²) in [5.74, 6) is -0.238. The van der Waals surface area contributed by atoms with Crippen molar-refractivity contribution in [1.82, 2.24) is 14.6 Å². The first kappa shape index (κ1) is 14.9. The largest absolute Gasteiger partial charge is 0.356 e. The summed E-state index contributed by atoms with van der Waals surface area (Å²) in [5.41, 5.74) is 3.63. The predicted molar refractivity (Wildman–Crippen MR) is 97.1 cm³/mol. The van der Waals surface area contributed by atoms with Gasteiger partial charge in [-0.2, -0.15) is 5.10 Å². The molecule has 4 rings (SSSR count).